The lowest BCUT2D eigenvalue weighted by Gasteiger charge is -2.22. The van der Waals surface area contributed by atoms with Crippen LogP contribution >= 0.6 is 0 Å². The normalized spacial score (nSPS) is 12.6. The second-order valence-corrected chi connectivity index (χ2v) is 3.73. The zero-order valence-electron chi connectivity index (χ0n) is 10.4. The lowest BCUT2D eigenvalue weighted by molar-refractivity contribution is -0.117. The van der Waals surface area contributed by atoms with E-state index in [0.29, 0.717) is 0 Å². The van der Waals surface area contributed by atoms with E-state index in [1.165, 1.54) is 20.3 Å². The van der Waals surface area contributed by atoms with Crippen LogP contribution in [0.2, 0.25) is 0 Å². The molecule has 0 saturated heterocycles. The van der Waals surface area contributed by atoms with Crippen molar-refractivity contribution >= 4 is 5.91 Å². The van der Waals surface area contributed by atoms with Crippen LogP contribution in [0.15, 0.2) is 18.2 Å². The van der Waals surface area contributed by atoms with Crippen LogP contribution in [0.4, 0.5) is 8.78 Å². The first kappa shape index (κ1) is 14.5. The molecule has 0 saturated carbocycles. The number of carbonyl (C=O) groups excluding carboxylic acids is 1. The highest BCUT2D eigenvalue weighted by Crippen LogP contribution is 2.09. The molecule has 0 aromatic heterocycles. The molecule has 0 radical (unpaired) electrons. The summed E-state index contributed by atoms with van der Waals surface area (Å²) in [6, 6.07) is 2.51. The van der Waals surface area contributed by atoms with E-state index in [2.05, 4.69) is 5.32 Å². The average Bonchev–Trinajstić information content (AvgIpc) is 2.34. The molecule has 18 heavy (non-hydrogen) atoms. The number of rotatable bonds is 5. The number of benzene rings is 1. The van der Waals surface area contributed by atoms with Crippen molar-refractivity contribution in [1.29, 1.82) is 0 Å². The second kappa shape index (κ2) is 6.42. The number of halogens is 2. The van der Waals surface area contributed by atoms with E-state index in [0.717, 1.165) is 12.1 Å². The van der Waals surface area contributed by atoms with E-state index in [4.69, 9.17) is 9.47 Å². The predicted molar refractivity (Wildman–Crippen MR) is 61.1 cm³/mol. The summed E-state index contributed by atoms with van der Waals surface area (Å²) in [6.07, 6.45) is -0.612. The van der Waals surface area contributed by atoms with Crippen LogP contribution in [0.1, 0.15) is 17.3 Å². The first-order chi connectivity index (χ1) is 8.49. The van der Waals surface area contributed by atoms with Gasteiger partial charge in [0.05, 0.1) is 6.04 Å². The Morgan fingerprint density at radius 2 is 1.83 bits per heavy atom. The molecule has 0 spiro atoms. The minimum absolute atomic E-state index is 0.0340. The molecule has 1 aromatic rings. The lowest BCUT2D eigenvalue weighted by atomic mass is 10.2. The Morgan fingerprint density at radius 1 is 1.22 bits per heavy atom. The third-order valence-corrected chi connectivity index (χ3v) is 2.41. The SMILES string of the molecule is COC(OC)C(C)NC(=O)c1ccc(F)c(F)c1. The van der Waals surface area contributed by atoms with Crippen LogP contribution in [-0.2, 0) is 9.47 Å². The quantitative estimate of drug-likeness (QED) is 0.819. The van der Waals surface area contributed by atoms with Gasteiger partial charge in [-0.25, -0.2) is 8.78 Å². The van der Waals surface area contributed by atoms with Gasteiger partial charge in [-0.1, -0.05) is 0 Å². The minimum Gasteiger partial charge on any atom is -0.354 e. The number of hydrogen-bond acceptors (Lipinski definition) is 3. The molecule has 1 unspecified atom stereocenters. The summed E-state index contributed by atoms with van der Waals surface area (Å²) in [5.41, 5.74) is 0.0340. The third kappa shape index (κ3) is 3.48. The monoisotopic (exact) mass is 259 g/mol. The number of hydrogen-bond donors (Lipinski definition) is 1. The lowest BCUT2D eigenvalue weighted by Crippen LogP contribution is -2.42. The first-order valence-electron chi connectivity index (χ1n) is 5.31. The Kier molecular flexibility index (Phi) is 5.18. The molecule has 4 nitrogen and oxygen atoms in total. The van der Waals surface area contributed by atoms with Crippen LogP contribution in [0.25, 0.3) is 0 Å². The second-order valence-electron chi connectivity index (χ2n) is 3.73. The summed E-state index contributed by atoms with van der Waals surface area (Å²) < 4.78 is 35.6. The Labute approximate surface area is 104 Å². The van der Waals surface area contributed by atoms with E-state index in [9.17, 15) is 13.6 Å². The highest BCUT2D eigenvalue weighted by atomic mass is 19.2. The molecule has 1 atom stereocenters. The molecule has 100 valence electrons. The van der Waals surface area contributed by atoms with Crippen molar-refractivity contribution in [2.24, 2.45) is 0 Å². The van der Waals surface area contributed by atoms with Gasteiger partial charge >= 0.3 is 0 Å². The number of methoxy groups -OCH3 is 2. The van der Waals surface area contributed by atoms with Gasteiger partial charge in [0.2, 0.25) is 0 Å². The average molecular weight is 259 g/mol. The predicted octanol–water partition coefficient (Wildman–Crippen LogP) is 1.70. The van der Waals surface area contributed by atoms with Crippen molar-refractivity contribution in [3.8, 4) is 0 Å². The van der Waals surface area contributed by atoms with Gasteiger partial charge in [-0.2, -0.15) is 0 Å². The van der Waals surface area contributed by atoms with E-state index in [1.54, 1.807) is 6.92 Å². The topological polar surface area (TPSA) is 47.6 Å². The van der Waals surface area contributed by atoms with Gasteiger partial charge in [0, 0.05) is 19.8 Å². The summed E-state index contributed by atoms with van der Waals surface area (Å²) >= 11 is 0. The summed E-state index contributed by atoms with van der Waals surface area (Å²) in [5.74, 6) is -2.59. The van der Waals surface area contributed by atoms with Gasteiger partial charge in [-0.15, -0.1) is 0 Å². The highest BCUT2D eigenvalue weighted by molar-refractivity contribution is 5.94. The van der Waals surface area contributed by atoms with Crippen molar-refractivity contribution in [2.75, 3.05) is 14.2 Å². The van der Waals surface area contributed by atoms with E-state index in [-0.39, 0.29) is 5.56 Å². The molecule has 1 amide bonds. The summed E-state index contributed by atoms with van der Waals surface area (Å²) in [5, 5.41) is 2.57. The molecule has 1 N–H and O–H groups in total. The fraction of sp³-hybridized carbons (Fsp3) is 0.417. The molecule has 0 heterocycles. The standard InChI is InChI=1S/C12H15F2NO3/c1-7(12(17-2)18-3)15-11(16)8-4-5-9(13)10(14)6-8/h4-7,12H,1-3H3,(H,15,16). The largest absolute Gasteiger partial charge is 0.354 e. The Hall–Kier alpha value is -1.53. The summed E-state index contributed by atoms with van der Waals surface area (Å²) in [7, 11) is 2.88. The summed E-state index contributed by atoms with van der Waals surface area (Å²) in [6.45, 7) is 1.68. The number of carbonyl (C=O) groups is 1. The number of nitrogens with one attached hydrogen (secondary N) is 1. The van der Waals surface area contributed by atoms with Crippen molar-refractivity contribution in [3.63, 3.8) is 0 Å². The van der Waals surface area contributed by atoms with Crippen molar-refractivity contribution in [1.82, 2.24) is 5.32 Å². The first-order valence-corrected chi connectivity index (χ1v) is 5.31. The number of ether oxygens (including phenoxy) is 2. The van der Waals surface area contributed by atoms with Crippen LogP contribution < -0.4 is 5.32 Å². The Balaban J connectivity index is 2.73. The van der Waals surface area contributed by atoms with Crippen molar-refractivity contribution in [2.45, 2.75) is 19.3 Å². The van der Waals surface area contributed by atoms with Crippen LogP contribution in [0, 0.1) is 11.6 Å². The molecule has 1 aromatic carbocycles. The molecule has 1 rings (SSSR count). The number of amides is 1. The van der Waals surface area contributed by atoms with Gasteiger partial charge < -0.3 is 14.8 Å². The maximum absolute atomic E-state index is 13.0. The van der Waals surface area contributed by atoms with Gasteiger partial charge in [0.15, 0.2) is 17.9 Å². The molecule has 0 fully saturated rings. The highest BCUT2D eigenvalue weighted by Gasteiger charge is 2.19. The molecule has 6 heteroatoms. The summed E-state index contributed by atoms with van der Waals surface area (Å²) in [4.78, 5) is 11.7. The zero-order valence-corrected chi connectivity index (χ0v) is 10.4. The van der Waals surface area contributed by atoms with Crippen LogP contribution in [0.3, 0.4) is 0 Å². The smallest absolute Gasteiger partial charge is 0.251 e. The zero-order chi connectivity index (χ0) is 13.7. The van der Waals surface area contributed by atoms with E-state index in [1.807, 2.05) is 0 Å². The fourth-order valence-corrected chi connectivity index (χ4v) is 1.50. The Bertz CT molecular complexity index is 422. The fourth-order valence-electron chi connectivity index (χ4n) is 1.50. The Morgan fingerprint density at radius 3 is 2.33 bits per heavy atom. The molecule has 0 aliphatic carbocycles. The van der Waals surface area contributed by atoms with Crippen LogP contribution in [-0.4, -0.2) is 32.5 Å². The van der Waals surface area contributed by atoms with Crippen molar-refractivity contribution in [3.05, 3.63) is 35.4 Å². The van der Waals surface area contributed by atoms with Gasteiger partial charge in [-0.3, -0.25) is 4.79 Å². The van der Waals surface area contributed by atoms with E-state index < -0.39 is 29.9 Å². The van der Waals surface area contributed by atoms with Gasteiger partial charge in [0.1, 0.15) is 0 Å². The molecular formula is C12H15F2NO3. The van der Waals surface area contributed by atoms with Gasteiger partial charge in [-0.05, 0) is 25.1 Å². The van der Waals surface area contributed by atoms with Gasteiger partial charge in [0.25, 0.3) is 5.91 Å². The van der Waals surface area contributed by atoms with E-state index >= 15 is 0 Å². The maximum Gasteiger partial charge on any atom is 0.251 e. The third-order valence-electron chi connectivity index (χ3n) is 2.41. The minimum atomic E-state index is -1.06. The van der Waals surface area contributed by atoms with Crippen LogP contribution in [0.5, 0.6) is 0 Å². The molecule has 0 bridgehead atoms. The molecular weight excluding hydrogens is 244 g/mol. The molecule has 0 aliphatic rings. The molecule has 0 aliphatic heterocycles. The van der Waals surface area contributed by atoms with Crippen molar-refractivity contribution < 1.29 is 23.0 Å². The maximum atomic E-state index is 13.0.